The van der Waals surface area contributed by atoms with Crippen molar-refractivity contribution >= 4 is 33.7 Å². The van der Waals surface area contributed by atoms with Crippen LogP contribution < -0.4 is 5.56 Å². The SMILES string of the molecule is Cc1ccc2oc3c(=O)[nH]c(C(c4ccccc4Cl)N4CCN(C)CC4)nc3c2c1. The molecule has 0 spiro atoms. The van der Waals surface area contributed by atoms with Crippen LogP contribution in [0.15, 0.2) is 51.7 Å². The van der Waals surface area contributed by atoms with Gasteiger partial charge in [0.15, 0.2) is 0 Å². The van der Waals surface area contributed by atoms with Gasteiger partial charge in [-0.15, -0.1) is 0 Å². The van der Waals surface area contributed by atoms with Crippen LogP contribution in [0.5, 0.6) is 0 Å². The highest BCUT2D eigenvalue weighted by Crippen LogP contribution is 2.33. The van der Waals surface area contributed by atoms with Crippen molar-refractivity contribution in [3.05, 3.63) is 74.8 Å². The zero-order valence-corrected chi connectivity index (χ0v) is 17.7. The lowest BCUT2D eigenvalue weighted by atomic mass is 10.0. The Morgan fingerprint density at radius 3 is 2.67 bits per heavy atom. The van der Waals surface area contributed by atoms with Crippen molar-refractivity contribution in [1.29, 1.82) is 0 Å². The van der Waals surface area contributed by atoms with Gasteiger partial charge >= 0.3 is 0 Å². The molecular weight excluding hydrogens is 400 g/mol. The molecule has 1 saturated heterocycles. The average Bonchev–Trinajstić information content (AvgIpc) is 3.10. The third-order valence-corrected chi connectivity index (χ3v) is 6.20. The predicted molar refractivity (Wildman–Crippen MR) is 119 cm³/mol. The highest BCUT2D eigenvalue weighted by Gasteiger charge is 2.30. The number of aromatic amines is 1. The lowest BCUT2D eigenvalue weighted by molar-refractivity contribution is 0.124. The Balaban J connectivity index is 1.72. The van der Waals surface area contributed by atoms with Gasteiger partial charge in [-0.2, -0.15) is 0 Å². The number of likely N-dealkylation sites (N-methyl/N-ethyl adjacent to an activating group) is 1. The number of hydrogen-bond donors (Lipinski definition) is 1. The number of aryl methyl sites for hydroxylation is 1. The standard InChI is InChI=1S/C23H23ClN4O2/c1-14-7-8-18-16(13-14)19-21(30-18)23(29)26-22(25-19)20(15-5-3-4-6-17(15)24)28-11-9-27(2)10-12-28/h3-8,13,20H,9-12H2,1-2H3,(H,25,26,29). The van der Waals surface area contributed by atoms with Gasteiger partial charge in [0.2, 0.25) is 5.58 Å². The summed E-state index contributed by atoms with van der Waals surface area (Å²) in [6, 6.07) is 13.4. The summed E-state index contributed by atoms with van der Waals surface area (Å²) < 4.78 is 5.81. The monoisotopic (exact) mass is 422 g/mol. The molecule has 1 atom stereocenters. The summed E-state index contributed by atoms with van der Waals surface area (Å²) in [7, 11) is 2.12. The largest absolute Gasteiger partial charge is 0.449 e. The van der Waals surface area contributed by atoms with Gasteiger partial charge in [0, 0.05) is 36.6 Å². The van der Waals surface area contributed by atoms with E-state index in [4.69, 9.17) is 21.0 Å². The Morgan fingerprint density at radius 2 is 1.90 bits per heavy atom. The molecule has 5 rings (SSSR count). The van der Waals surface area contributed by atoms with Crippen LogP contribution >= 0.6 is 11.6 Å². The molecule has 1 aliphatic heterocycles. The number of furan rings is 1. The van der Waals surface area contributed by atoms with E-state index in [1.165, 1.54) is 0 Å². The number of nitrogens with zero attached hydrogens (tertiary/aromatic N) is 3. The van der Waals surface area contributed by atoms with Crippen molar-refractivity contribution in [3.63, 3.8) is 0 Å². The number of hydrogen-bond acceptors (Lipinski definition) is 5. The molecule has 0 aliphatic carbocycles. The van der Waals surface area contributed by atoms with Gasteiger partial charge in [-0.3, -0.25) is 9.69 Å². The summed E-state index contributed by atoms with van der Waals surface area (Å²) in [5, 5.41) is 1.52. The minimum absolute atomic E-state index is 0.237. The number of piperazine rings is 1. The predicted octanol–water partition coefficient (Wildman–Crippen LogP) is 3.97. The summed E-state index contributed by atoms with van der Waals surface area (Å²) in [5.74, 6) is 0.592. The van der Waals surface area contributed by atoms with Gasteiger partial charge in [0.25, 0.3) is 5.56 Å². The second-order valence-electron chi connectivity index (χ2n) is 7.99. The fourth-order valence-corrected chi connectivity index (χ4v) is 4.45. The normalized spacial score (nSPS) is 17.0. The maximum absolute atomic E-state index is 13.0. The molecule has 0 radical (unpaired) electrons. The maximum atomic E-state index is 13.0. The van der Waals surface area contributed by atoms with Crippen LogP contribution in [-0.4, -0.2) is 53.0 Å². The number of fused-ring (bicyclic) bond motifs is 3. The van der Waals surface area contributed by atoms with Crippen LogP contribution in [-0.2, 0) is 0 Å². The Morgan fingerprint density at radius 1 is 1.13 bits per heavy atom. The second kappa shape index (κ2) is 7.54. The van der Waals surface area contributed by atoms with Crippen LogP contribution in [0.3, 0.4) is 0 Å². The molecule has 1 aliphatic rings. The minimum atomic E-state index is -0.268. The zero-order chi connectivity index (χ0) is 20.8. The van der Waals surface area contributed by atoms with E-state index in [0.29, 0.717) is 21.9 Å². The van der Waals surface area contributed by atoms with Crippen LogP contribution in [0, 0.1) is 6.92 Å². The van der Waals surface area contributed by atoms with E-state index in [0.717, 1.165) is 42.7 Å². The molecule has 1 fully saturated rings. The van der Waals surface area contributed by atoms with E-state index in [2.05, 4.69) is 21.8 Å². The van der Waals surface area contributed by atoms with Crippen LogP contribution in [0.2, 0.25) is 5.02 Å². The van der Waals surface area contributed by atoms with Crippen LogP contribution in [0.4, 0.5) is 0 Å². The van der Waals surface area contributed by atoms with Crippen LogP contribution in [0.1, 0.15) is 23.0 Å². The van der Waals surface area contributed by atoms with Crippen molar-refractivity contribution in [3.8, 4) is 0 Å². The maximum Gasteiger partial charge on any atom is 0.294 e. The van der Waals surface area contributed by atoms with E-state index in [-0.39, 0.29) is 17.2 Å². The summed E-state index contributed by atoms with van der Waals surface area (Å²) in [6.07, 6.45) is 0. The van der Waals surface area contributed by atoms with E-state index in [9.17, 15) is 4.79 Å². The Labute approximate surface area is 179 Å². The van der Waals surface area contributed by atoms with Crippen molar-refractivity contribution in [2.75, 3.05) is 33.2 Å². The molecule has 0 saturated carbocycles. The molecule has 6 nitrogen and oxygen atoms in total. The first-order valence-corrected chi connectivity index (χ1v) is 10.5. The highest BCUT2D eigenvalue weighted by molar-refractivity contribution is 6.31. The molecule has 7 heteroatoms. The van der Waals surface area contributed by atoms with E-state index >= 15 is 0 Å². The fraction of sp³-hybridized carbons (Fsp3) is 0.304. The first-order valence-electron chi connectivity index (χ1n) is 10.1. The third-order valence-electron chi connectivity index (χ3n) is 5.86. The lowest BCUT2D eigenvalue weighted by Gasteiger charge is -2.37. The smallest absolute Gasteiger partial charge is 0.294 e. The van der Waals surface area contributed by atoms with Crippen molar-refractivity contribution in [2.24, 2.45) is 0 Å². The average molecular weight is 423 g/mol. The molecule has 2 aromatic carbocycles. The van der Waals surface area contributed by atoms with Gasteiger partial charge in [-0.1, -0.05) is 41.4 Å². The molecule has 30 heavy (non-hydrogen) atoms. The summed E-state index contributed by atoms with van der Waals surface area (Å²) in [4.78, 5) is 25.5. The summed E-state index contributed by atoms with van der Waals surface area (Å²) in [6.45, 7) is 5.63. The quantitative estimate of drug-likeness (QED) is 0.541. The van der Waals surface area contributed by atoms with Crippen molar-refractivity contribution < 1.29 is 4.42 Å². The number of rotatable bonds is 3. The van der Waals surface area contributed by atoms with Gasteiger partial charge in [0.05, 0.1) is 6.04 Å². The minimum Gasteiger partial charge on any atom is -0.449 e. The zero-order valence-electron chi connectivity index (χ0n) is 17.0. The van der Waals surface area contributed by atoms with E-state index in [1.807, 2.05) is 49.4 Å². The number of H-pyrrole nitrogens is 1. The molecular formula is C23H23ClN4O2. The Bertz CT molecular complexity index is 1290. The van der Waals surface area contributed by atoms with Gasteiger partial charge in [0.1, 0.15) is 16.9 Å². The molecule has 0 bridgehead atoms. The molecule has 0 amide bonds. The van der Waals surface area contributed by atoms with E-state index < -0.39 is 0 Å². The lowest BCUT2D eigenvalue weighted by Crippen LogP contribution is -2.46. The third kappa shape index (κ3) is 3.31. The van der Waals surface area contributed by atoms with Crippen molar-refractivity contribution in [2.45, 2.75) is 13.0 Å². The second-order valence-corrected chi connectivity index (χ2v) is 8.40. The molecule has 2 aromatic heterocycles. The number of aromatic nitrogens is 2. The fourth-order valence-electron chi connectivity index (χ4n) is 4.21. The molecule has 1 unspecified atom stereocenters. The first-order chi connectivity index (χ1) is 14.5. The van der Waals surface area contributed by atoms with Crippen LogP contribution in [0.25, 0.3) is 22.1 Å². The first kappa shape index (κ1) is 19.3. The van der Waals surface area contributed by atoms with Gasteiger partial charge < -0.3 is 14.3 Å². The topological polar surface area (TPSA) is 65.4 Å². The summed E-state index contributed by atoms with van der Waals surface area (Å²) >= 11 is 6.59. The number of halogens is 1. The Hall–Kier alpha value is -2.67. The van der Waals surface area contributed by atoms with Gasteiger partial charge in [-0.25, -0.2) is 4.98 Å². The van der Waals surface area contributed by atoms with Crippen molar-refractivity contribution in [1.82, 2.24) is 19.8 Å². The highest BCUT2D eigenvalue weighted by atomic mass is 35.5. The van der Waals surface area contributed by atoms with Gasteiger partial charge in [-0.05, 0) is 37.7 Å². The molecule has 1 N–H and O–H groups in total. The van der Waals surface area contributed by atoms with E-state index in [1.54, 1.807) is 0 Å². The molecule has 154 valence electrons. The molecule has 3 heterocycles. The number of benzene rings is 2. The Kier molecular flexibility index (Phi) is 4.85. The summed E-state index contributed by atoms with van der Waals surface area (Å²) in [5.41, 5.74) is 3.29. The molecule has 4 aromatic rings. The number of nitrogens with one attached hydrogen (secondary N) is 1.